The molecule has 1 saturated heterocycles. The number of amides is 1. The van der Waals surface area contributed by atoms with Gasteiger partial charge in [0, 0.05) is 53.5 Å². The lowest BCUT2D eigenvalue weighted by Gasteiger charge is -2.32. The topological polar surface area (TPSA) is 66.8 Å². The van der Waals surface area contributed by atoms with Crippen molar-refractivity contribution in [2.45, 2.75) is 26.3 Å². The summed E-state index contributed by atoms with van der Waals surface area (Å²) in [5.41, 5.74) is 1.78. The average Bonchev–Trinajstić information content (AvgIpc) is 3.36. The number of aromatic amines is 1. The van der Waals surface area contributed by atoms with Crippen LogP contribution >= 0.6 is 11.3 Å². The molecule has 0 radical (unpaired) electrons. The van der Waals surface area contributed by atoms with Crippen molar-refractivity contribution in [1.82, 2.24) is 24.9 Å². The van der Waals surface area contributed by atoms with E-state index >= 15 is 0 Å². The number of likely N-dealkylation sites (tertiary alicyclic amines) is 1. The number of thiophene rings is 1. The van der Waals surface area contributed by atoms with Crippen LogP contribution in [0.25, 0.3) is 10.4 Å². The zero-order chi connectivity index (χ0) is 17.2. The predicted molar refractivity (Wildman–Crippen MR) is 97.5 cm³/mol. The monoisotopic (exact) mass is 355 g/mol. The molecule has 0 bridgehead atoms. The number of rotatable bonds is 4. The Morgan fingerprint density at radius 1 is 1.32 bits per heavy atom. The number of hydrogen-bond acceptors (Lipinski definition) is 4. The van der Waals surface area contributed by atoms with Crippen LogP contribution in [0, 0.1) is 12.8 Å². The largest absolute Gasteiger partial charge is 0.366 e. The zero-order valence-corrected chi connectivity index (χ0v) is 15.0. The Morgan fingerprint density at radius 2 is 2.16 bits per heavy atom. The van der Waals surface area contributed by atoms with Gasteiger partial charge in [-0.3, -0.25) is 9.48 Å². The van der Waals surface area contributed by atoms with E-state index < -0.39 is 0 Å². The van der Waals surface area contributed by atoms with Crippen molar-refractivity contribution >= 4 is 17.2 Å². The molecule has 1 N–H and O–H groups in total. The van der Waals surface area contributed by atoms with Gasteiger partial charge in [-0.25, -0.2) is 0 Å². The fraction of sp³-hybridized carbons (Fsp3) is 0.389. The van der Waals surface area contributed by atoms with Crippen LogP contribution < -0.4 is 0 Å². The average molecular weight is 355 g/mol. The lowest BCUT2D eigenvalue weighted by molar-refractivity contribution is 0.0682. The smallest absolute Gasteiger partial charge is 0.256 e. The number of aromatic nitrogens is 4. The molecule has 7 heteroatoms. The number of aryl methyl sites for hydroxylation is 1. The summed E-state index contributed by atoms with van der Waals surface area (Å²) in [7, 11) is 0. The van der Waals surface area contributed by atoms with E-state index in [9.17, 15) is 4.79 Å². The van der Waals surface area contributed by atoms with Crippen LogP contribution in [0.1, 0.15) is 28.1 Å². The van der Waals surface area contributed by atoms with E-state index in [1.54, 1.807) is 17.5 Å². The van der Waals surface area contributed by atoms with Crippen LogP contribution in [0.2, 0.25) is 0 Å². The zero-order valence-electron chi connectivity index (χ0n) is 14.2. The molecule has 6 nitrogen and oxygen atoms in total. The van der Waals surface area contributed by atoms with E-state index in [2.05, 4.69) is 34.4 Å². The van der Waals surface area contributed by atoms with Crippen LogP contribution in [0.3, 0.4) is 0 Å². The van der Waals surface area contributed by atoms with Gasteiger partial charge in [-0.2, -0.15) is 0 Å². The van der Waals surface area contributed by atoms with E-state index in [1.165, 1.54) is 4.88 Å². The Labute approximate surface area is 150 Å². The molecule has 0 saturated carbocycles. The van der Waals surface area contributed by atoms with E-state index in [4.69, 9.17) is 0 Å². The molecule has 3 aromatic rings. The first kappa shape index (κ1) is 16.1. The van der Waals surface area contributed by atoms with E-state index in [0.717, 1.165) is 48.5 Å². The van der Waals surface area contributed by atoms with Gasteiger partial charge in [0.05, 0.1) is 11.8 Å². The summed E-state index contributed by atoms with van der Waals surface area (Å²) in [4.78, 5) is 20.4. The standard InChI is InChI=1S/C18H21N5OS/c1-13-2-3-17(25-13)15-10-19-11-16(15)18(24)22-7-4-14(5-8-22)12-23-9-6-20-21-23/h2-3,6,9-11,14,19H,4-5,7-8,12H2,1H3. The maximum absolute atomic E-state index is 13.0. The Morgan fingerprint density at radius 3 is 2.84 bits per heavy atom. The Hall–Kier alpha value is -2.41. The molecule has 0 aromatic carbocycles. The van der Waals surface area contributed by atoms with Gasteiger partial charge < -0.3 is 9.88 Å². The molecule has 1 aliphatic rings. The molecule has 1 fully saturated rings. The summed E-state index contributed by atoms with van der Waals surface area (Å²) >= 11 is 1.72. The van der Waals surface area contributed by atoms with E-state index in [1.807, 2.05) is 28.2 Å². The van der Waals surface area contributed by atoms with Crippen molar-refractivity contribution in [3.63, 3.8) is 0 Å². The molecule has 3 aromatic heterocycles. The highest BCUT2D eigenvalue weighted by atomic mass is 32.1. The quantitative estimate of drug-likeness (QED) is 0.781. The highest BCUT2D eigenvalue weighted by molar-refractivity contribution is 7.15. The molecule has 4 rings (SSSR count). The number of nitrogens with one attached hydrogen (secondary N) is 1. The minimum atomic E-state index is 0.126. The normalized spacial score (nSPS) is 15.6. The minimum Gasteiger partial charge on any atom is -0.366 e. The summed E-state index contributed by atoms with van der Waals surface area (Å²) in [6, 6.07) is 4.18. The maximum Gasteiger partial charge on any atom is 0.256 e. The number of nitrogens with zero attached hydrogens (tertiary/aromatic N) is 4. The van der Waals surface area contributed by atoms with Gasteiger partial charge in [0.2, 0.25) is 0 Å². The van der Waals surface area contributed by atoms with Gasteiger partial charge in [0.25, 0.3) is 5.91 Å². The summed E-state index contributed by atoms with van der Waals surface area (Å²) in [5.74, 6) is 0.679. The molecule has 0 unspecified atom stereocenters. The third-order valence-corrected chi connectivity index (χ3v) is 5.83. The second kappa shape index (κ2) is 6.84. The molecule has 130 valence electrons. The molecule has 25 heavy (non-hydrogen) atoms. The van der Waals surface area contributed by atoms with E-state index in [-0.39, 0.29) is 5.91 Å². The van der Waals surface area contributed by atoms with Crippen molar-refractivity contribution in [1.29, 1.82) is 0 Å². The summed E-state index contributed by atoms with van der Waals surface area (Å²) < 4.78 is 1.88. The molecule has 1 amide bonds. The van der Waals surface area contributed by atoms with Crippen LogP contribution in [0.4, 0.5) is 0 Å². The van der Waals surface area contributed by atoms with Gasteiger partial charge in [0.1, 0.15) is 0 Å². The van der Waals surface area contributed by atoms with E-state index in [0.29, 0.717) is 5.92 Å². The van der Waals surface area contributed by atoms with Crippen LogP contribution in [-0.4, -0.2) is 43.9 Å². The third-order valence-electron chi connectivity index (χ3n) is 4.80. The number of carbonyl (C=O) groups excluding carboxylic acids is 1. The minimum absolute atomic E-state index is 0.126. The number of piperidine rings is 1. The van der Waals surface area contributed by atoms with Crippen LogP contribution in [0.5, 0.6) is 0 Å². The van der Waals surface area contributed by atoms with Crippen molar-refractivity contribution in [3.05, 3.63) is 47.4 Å². The summed E-state index contributed by atoms with van der Waals surface area (Å²) in [6.45, 7) is 4.56. The Kier molecular flexibility index (Phi) is 4.40. The summed E-state index contributed by atoms with van der Waals surface area (Å²) in [6.07, 6.45) is 9.36. The number of carbonyl (C=O) groups is 1. The first-order valence-corrected chi connectivity index (χ1v) is 9.39. The SMILES string of the molecule is Cc1ccc(-c2c[nH]cc2C(=O)N2CCC(Cn3ccnn3)CC2)s1. The number of H-pyrrole nitrogens is 1. The van der Waals surface area contributed by atoms with Crippen molar-refractivity contribution in [2.24, 2.45) is 5.92 Å². The van der Waals surface area contributed by atoms with Crippen LogP contribution in [-0.2, 0) is 6.54 Å². The highest BCUT2D eigenvalue weighted by Crippen LogP contribution is 2.31. The van der Waals surface area contributed by atoms with Crippen molar-refractivity contribution in [2.75, 3.05) is 13.1 Å². The highest BCUT2D eigenvalue weighted by Gasteiger charge is 2.26. The lowest BCUT2D eigenvalue weighted by Crippen LogP contribution is -2.39. The molecule has 0 spiro atoms. The molecule has 0 aliphatic carbocycles. The molecule has 0 atom stereocenters. The maximum atomic E-state index is 13.0. The fourth-order valence-electron chi connectivity index (χ4n) is 3.41. The van der Waals surface area contributed by atoms with Crippen molar-refractivity contribution < 1.29 is 4.79 Å². The molecular formula is C18H21N5OS. The first-order valence-electron chi connectivity index (χ1n) is 8.57. The summed E-state index contributed by atoms with van der Waals surface area (Å²) in [5, 5.41) is 7.89. The van der Waals surface area contributed by atoms with Gasteiger partial charge in [-0.15, -0.1) is 16.4 Å². The second-order valence-corrected chi connectivity index (χ2v) is 7.84. The fourth-order valence-corrected chi connectivity index (χ4v) is 4.31. The lowest BCUT2D eigenvalue weighted by atomic mass is 9.96. The van der Waals surface area contributed by atoms with Gasteiger partial charge in [-0.05, 0) is 37.8 Å². The van der Waals surface area contributed by atoms with Gasteiger partial charge >= 0.3 is 0 Å². The third kappa shape index (κ3) is 3.37. The second-order valence-electron chi connectivity index (χ2n) is 6.55. The Bertz CT molecular complexity index is 843. The molecule has 1 aliphatic heterocycles. The van der Waals surface area contributed by atoms with Gasteiger partial charge in [0.15, 0.2) is 0 Å². The molecule has 4 heterocycles. The number of hydrogen-bond donors (Lipinski definition) is 1. The van der Waals surface area contributed by atoms with Gasteiger partial charge in [-0.1, -0.05) is 5.21 Å². The first-order chi connectivity index (χ1) is 12.2. The van der Waals surface area contributed by atoms with Crippen molar-refractivity contribution in [3.8, 4) is 10.4 Å². The Balaban J connectivity index is 1.42. The van der Waals surface area contributed by atoms with Crippen LogP contribution in [0.15, 0.2) is 36.9 Å². The predicted octanol–water partition coefficient (Wildman–Crippen LogP) is 3.20. The molecular weight excluding hydrogens is 334 g/mol.